The molecule has 302 valence electrons. The Morgan fingerprint density at radius 1 is 0.691 bits per heavy atom. The maximum absolute atomic E-state index is 12.2. The quantitative estimate of drug-likeness (QED) is 0.100. The topological polar surface area (TPSA) is 209 Å². The molecule has 0 heterocycles. The van der Waals surface area contributed by atoms with Crippen LogP contribution in [0.4, 0.5) is 9.59 Å². The maximum atomic E-state index is 12.2. The molecule has 0 aromatic heterocycles. The van der Waals surface area contributed by atoms with Crippen LogP contribution in [0.15, 0.2) is 48.5 Å². The predicted molar refractivity (Wildman–Crippen MR) is 206 cm³/mol. The van der Waals surface area contributed by atoms with E-state index in [0.717, 1.165) is 18.2 Å². The normalized spacial score (nSPS) is 10.7. The molecule has 15 heteroatoms. The van der Waals surface area contributed by atoms with Gasteiger partial charge in [0, 0.05) is 20.0 Å². The van der Waals surface area contributed by atoms with Gasteiger partial charge in [-0.1, -0.05) is 43.5 Å². The number of carboxylic acids is 1. The van der Waals surface area contributed by atoms with Crippen molar-refractivity contribution in [3.63, 3.8) is 0 Å². The number of aliphatic hydroxyl groups excluding tert-OH is 1. The first-order valence-electron chi connectivity index (χ1n) is 16.5. The molecule has 2 aromatic rings. The minimum atomic E-state index is -1.13. The van der Waals surface area contributed by atoms with E-state index in [-0.39, 0.29) is 61.9 Å². The van der Waals surface area contributed by atoms with Crippen molar-refractivity contribution in [2.45, 2.75) is 106 Å². The van der Waals surface area contributed by atoms with Crippen LogP contribution in [0, 0.1) is 23.7 Å². The van der Waals surface area contributed by atoms with Crippen LogP contribution in [-0.2, 0) is 36.6 Å². The largest absolute Gasteiger partial charge is 1.00 e. The van der Waals surface area contributed by atoms with Crippen molar-refractivity contribution >= 4 is 24.1 Å². The Kier molecular flexibility index (Phi) is 32.1. The number of hydrogen-bond donors (Lipinski definition) is 4. The number of rotatable bonds is 13. The molecule has 0 aliphatic carbocycles. The van der Waals surface area contributed by atoms with Gasteiger partial charge in [-0.2, -0.15) is 0 Å². The van der Waals surface area contributed by atoms with Crippen molar-refractivity contribution in [3.8, 4) is 35.2 Å². The number of carbonyl (C=O) groups is 4. The van der Waals surface area contributed by atoms with E-state index in [2.05, 4.69) is 34.3 Å². The van der Waals surface area contributed by atoms with Crippen molar-refractivity contribution < 1.29 is 88.1 Å². The zero-order chi connectivity index (χ0) is 39.7. The van der Waals surface area contributed by atoms with E-state index in [1.165, 1.54) is 0 Å². The summed E-state index contributed by atoms with van der Waals surface area (Å²) in [6, 6.07) is 12.3. The monoisotopic (exact) mass is 782 g/mol. The van der Waals surface area contributed by atoms with Gasteiger partial charge in [-0.05, 0) is 97.7 Å². The number of ether oxygens (including phenoxy) is 5. The summed E-state index contributed by atoms with van der Waals surface area (Å²) in [6.45, 7) is 16.5. The zero-order valence-electron chi connectivity index (χ0n) is 33.3. The molecule has 2 amide bonds. The van der Waals surface area contributed by atoms with Crippen LogP contribution in [0.3, 0.4) is 0 Å². The minimum Gasteiger partial charge on any atom is -0.870 e. The molecule has 2 aromatic carbocycles. The molecule has 0 radical (unpaired) electrons. The molecule has 0 aliphatic heterocycles. The van der Waals surface area contributed by atoms with Gasteiger partial charge in [-0.25, -0.2) is 19.2 Å². The average Bonchev–Trinajstić information content (AvgIpc) is 3.05. The second kappa shape index (κ2) is 30.8. The number of carboxylic acid groups (broad SMARTS) is 1. The molecule has 0 saturated heterocycles. The summed E-state index contributed by atoms with van der Waals surface area (Å²) in [4.78, 5) is 47.2. The predicted octanol–water partition coefficient (Wildman–Crippen LogP) is 2.77. The van der Waals surface area contributed by atoms with Crippen LogP contribution in [0.5, 0.6) is 11.5 Å². The molecule has 2 rings (SSSR count). The summed E-state index contributed by atoms with van der Waals surface area (Å²) in [5, 5.41) is 21.2. The van der Waals surface area contributed by atoms with Crippen molar-refractivity contribution in [2.24, 2.45) is 0 Å². The van der Waals surface area contributed by atoms with Gasteiger partial charge in [-0.15, -0.1) is 11.8 Å². The average molecular weight is 783 g/mol. The van der Waals surface area contributed by atoms with Crippen molar-refractivity contribution in [1.29, 1.82) is 0 Å². The van der Waals surface area contributed by atoms with E-state index >= 15 is 0 Å². The fraction of sp³-hybridized carbons (Fsp3) is 0.500. The third kappa shape index (κ3) is 28.6. The molecule has 0 fully saturated rings. The molecule has 5 N–H and O–H groups in total. The third-order valence-electron chi connectivity index (χ3n) is 5.95. The summed E-state index contributed by atoms with van der Waals surface area (Å²) in [6.07, 6.45) is -0.988. The number of esters is 1. The first kappa shape index (κ1) is 57.3. The van der Waals surface area contributed by atoms with Crippen molar-refractivity contribution in [2.75, 3.05) is 26.9 Å². The second-order valence-electron chi connectivity index (χ2n) is 12.6. The van der Waals surface area contributed by atoms with Gasteiger partial charge in [0.15, 0.2) is 0 Å². The molecular formula is C40H59N2NaO12. The van der Waals surface area contributed by atoms with Crippen LogP contribution >= 0.6 is 0 Å². The Bertz CT molecular complexity index is 1510. The molecule has 2 atom stereocenters. The van der Waals surface area contributed by atoms with E-state index in [0.29, 0.717) is 24.7 Å². The zero-order valence-corrected chi connectivity index (χ0v) is 35.3. The van der Waals surface area contributed by atoms with E-state index in [1.54, 1.807) is 98.7 Å². The van der Waals surface area contributed by atoms with E-state index in [9.17, 15) is 24.3 Å². The van der Waals surface area contributed by atoms with Crippen LogP contribution in [-0.4, -0.2) is 90.0 Å². The first-order chi connectivity index (χ1) is 24.5. The van der Waals surface area contributed by atoms with E-state index < -0.39 is 47.4 Å². The standard InChI is InChI=1S/C20H27NO5.C18H23NO5.CH4O.CH4.Na.H2O/c1-6-8-13-25-16-11-9-15(10-12-16)14-17(18(22)24-7-2)21-19(23)26-20(3,4)5;1-5-6-11-23-14-9-7-13(8-10-14)12-15(16(20)21)19-17(22)24-18(2,3)4;1-2;;;/h9-12,17H,7,13-14H2,1-5H3,(H,21,23);7-10,15H,11-12H2,1-4H3,(H,19,22)(H,20,21);2H,1H3;1H4;;1H2/q;;;;+1;/p-1/t17-;15-;;;;/m00..../s1. The smallest absolute Gasteiger partial charge is 0.870 e. The van der Waals surface area contributed by atoms with Gasteiger partial charge in [-0.3, -0.25) is 0 Å². The summed E-state index contributed by atoms with van der Waals surface area (Å²) in [5.74, 6) is 10.8. The van der Waals surface area contributed by atoms with Crippen LogP contribution in [0.2, 0.25) is 0 Å². The van der Waals surface area contributed by atoms with Crippen molar-refractivity contribution in [1.82, 2.24) is 10.6 Å². The summed E-state index contributed by atoms with van der Waals surface area (Å²) < 4.78 is 26.2. The van der Waals surface area contributed by atoms with Gasteiger partial charge < -0.3 is 50.0 Å². The van der Waals surface area contributed by atoms with Crippen LogP contribution in [0.25, 0.3) is 0 Å². The fourth-order valence-corrected chi connectivity index (χ4v) is 3.83. The fourth-order valence-electron chi connectivity index (χ4n) is 3.83. The molecule has 14 nitrogen and oxygen atoms in total. The minimum absolute atomic E-state index is 0. The van der Waals surface area contributed by atoms with E-state index in [4.69, 9.17) is 28.8 Å². The number of hydrogen-bond acceptors (Lipinski definition) is 11. The molecule has 0 spiro atoms. The number of aliphatic hydroxyl groups is 1. The Labute approximate surface area is 349 Å². The third-order valence-corrected chi connectivity index (χ3v) is 5.95. The van der Waals surface area contributed by atoms with Gasteiger partial charge in [0.2, 0.25) is 0 Å². The van der Waals surface area contributed by atoms with Gasteiger partial charge in [0.25, 0.3) is 0 Å². The second-order valence-corrected chi connectivity index (χ2v) is 12.6. The van der Waals surface area contributed by atoms with E-state index in [1.807, 2.05) is 12.1 Å². The van der Waals surface area contributed by atoms with Crippen LogP contribution in [0.1, 0.15) is 80.9 Å². The molecule has 55 heavy (non-hydrogen) atoms. The summed E-state index contributed by atoms with van der Waals surface area (Å²) in [5.41, 5.74) is 0.275. The maximum Gasteiger partial charge on any atom is 1.00 e. The first-order valence-corrected chi connectivity index (χ1v) is 16.5. The number of benzene rings is 2. The van der Waals surface area contributed by atoms with Crippen LogP contribution < -0.4 is 49.7 Å². The number of amides is 2. The van der Waals surface area contributed by atoms with Gasteiger partial charge in [0.1, 0.15) is 48.0 Å². The van der Waals surface area contributed by atoms with Crippen molar-refractivity contribution in [3.05, 3.63) is 59.7 Å². The summed E-state index contributed by atoms with van der Waals surface area (Å²) in [7, 11) is 1.00. The number of carbonyl (C=O) groups excluding carboxylic acids is 3. The Balaban J connectivity index is -0.000000431. The number of nitrogens with one attached hydrogen (secondary N) is 2. The number of alkyl carbamates (subject to hydrolysis) is 2. The molecule has 0 bridgehead atoms. The van der Waals surface area contributed by atoms with Gasteiger partial charge >= 0.3 is 53.7 Å². The molecule has 0 unspecified atom stereocenters. The Hall–Kier alpha value is -4.44. The number of aliphatic carboxylic acids is 1. The Morgan fingerprint density at radius 2 is 1.04 bits per heavy atom. The molecular weight excluding hydrogens is 723 g/mol. The summed E-state index contributed by atoms with van der Waals surface area (Å²) >= 11 is 0. The Morgan fingerprint density at radius 3 is 1.35 bits per heavy atom. The molecule has 0 aliphatic rings. The SMILES string of the molecule is C.CC#CCOc1ccc(C[C@H](NC(=O)OC(C)(C)C)C(=O)O)cc1.CC#CCOc1ccc(C[C@H](NC(=O)OC(C)(C)C)C(=O)OCC)cc1.CO.[Na+].[OH-]. The van der Waals surface area contributed by atoms with Gasteiger partial charge in [0.05, 0.1) is 6.61 Å². The molecule has 0 saturated carbocycles.